The number of benzene rings is 1. The Balaban J connectivity index is 2.15. The van der Waals surface area contributed by atoms with Gasteiger partial charge in [0.1, 0.15) is 0 Å². The molecule has 0 spiro atoms. The zero-order valence-electron chi connectivity index (χ0n) is 12.0. The van der Waals surface area contributed by atoms with Gasteiger partial charge in [-0.25, -0.2) is 5.43 Å². The smallest absolute Gasteiger partial charge is 0.234 e. The lowest BCUT2D eigenvalue weighted by atomic mass is 9.96. The Labute approximate surface area is 127 Å². The Hall–Kier alpha value is -1.72. The molecule has 5 heteroatoms. The normalized spacial score (nSPS) is 23.8. The minimum Gasteiger partial charge on any atom is -0.291 e. The van der Waals surface area contributed by atoms with Gasteiger partial charge in [-0.1, -0.05) is 43.4 Å². The highest BCUT2D eigenvalue weighted by Gasteiger charge is 2.23. The number of hydrogen-bond donors (Lipinski definition) is 2. The molecule has 1 aliphatic heterocycles. The minimum atomic E-state index is -1.08. The third-order valence-corrected chi connectivity index (χ3v) is 4.82. The van der Waals surface area contributed by atoms with Crippen LogP contribution in [-0.2, 0) is 15.6 Å². The topological polar surface area (TPSA) is 58.2 Å². The van der Waals surface area contributed by atoms with E-state index < -0.39 is 10.8 Å². The molecule has 112 valence electrons. The van der Waals surface area contributed by atoms with E-state index in [4.69, 9.17) is 0 Å². The molecule has 1 aliphatic rings. The zero-order chi connectivity index (χ0) is 15.2. The van der Waals surface area contributed by atoms with Crippen LogP contribution in [0, 0.1) is 5.92 Å². The van der Waals surface area contributed by atoms with Crippen molar-refractivity contribution in [2.75, 3.05) is 5.75 Å². The van der Waals surface area contributed by atoms with Crippen LogP contribution in [-0.4, -0.2) is 21.9 Å². The molecule has 0 aromatic heterocycles. The van der Waals surface area contributed by atoms with Gasteiger partial charge in [0.2, 0.25) is 5.91 Å². The minimum absolute atomic E-state index is 0.0136. The molecule has 1 aromatic carbocycles. The zero-order valence-corrected chi connectivity index (χ0v) is 12.9. The van der Waals surface area contributed by atoms with Gasteiger partial charge in [-0.3, -0.25) is 14.4 Å². The van der Waals surface area contributed by atoms with Crippen LogP contribution in [0.4, 0.5) is 0 Å². The van der Waals surface area contributed by atoms with Crippen molar-refractivity contribution in [3.8, 4) is 0 Å². The molecular formula is C16H20N2O2S. The molecule has 1 amide bonds. The van der Waals surface area contributed by atoms with Crippen LogP contribution in [0.2, 0.25) is 0 Å². The quantitative estimate of drug-likeness (QED) is 0.818. The van der Waals surface area contributed by atoms with Crippen molar-refractivity contribution in [3.63, 3.8) is 0 Å². The second-order valence-electron chi connectivity index (χ2n) is 5.10. The Morgan fingerprint density at radius 1 is 1.43 bits per heavy atom. The van der Waals surface area contributed by atoms with Crippen LogP contribution < -0.4 is 10.9 Å². The maximum atomic E-state index is 12.2. The molecule has 1 saturated heterocycles. The maximum absolute atomic E-state index is 12.2. The number of amides is 1. The Morgan fingerprint density at radius 3 is 2.90 bits per heavy atom. The van der Waals surface area contributed by atoms with Crippen molar-refractivity contribution < 1.29 is 9.00 Å². The van der Waals surface area contributed by atoms with E-state index in [1.807, 2.05) is 43.3 Å². The summed E-state index contributed by atoms with van der Waals surface area (Å²) in [7, 11) is -1.08. The summed E-state index contributed by atoms with van der Waals surface area (Å²) < 4.78 is 12.2. The van der Waals surface area contributed by atoms with Crippen LogP contribution in [0.3, 0.4) is 0 Å². The van der Waals surface area contributed by atoms with Crippen molar-refractivity contribution >= 4 is 22.8 Å². The summed E-state index contributed by atoms with van der Waals surface area (Å²) in [6.07, 6.45) is 6.14. The Morgan fingerprint density at radius 2 is 2.19 bits per heavy atom. The van der Waals surface area contributed by atoms with E-state index in [9.17, 15) is 9.00 Å². The van der Waals surface area contributed by atoms with Crippen molar-refractivity contribution in [2.45, 2.75) is 24.3 Å². The van der Waals surface area contributed by atoms with Gasteiger partial charge >= 0.3 is 0 Å². The average molecular weight is 304 g/mol. The van der Waals surface area contributed by atoms with Crippen molar-refractivity contribution in [1.82, 2.24) is 10.9 Å². The van der Waals surface area contributed by atoms with Gasteiger partial charge in [0.25, 0.3) is 0 Å². The Kier molecular flexibility index (Phi) is 5.47. The summed E-state index contributed by atoms with van der Waals surface area (Å²) >= 11 is 0. The molecule has 2 rings (SSSR count). The predicted octanol–water partition coefficient (Wildman–Crippen LogP) is 2.02. The molecule has 0 aliphatic carbocycles. The summed E-state index contributed by atoms with van der Waals surface area (Å²) in [5, 5.41) is 0. The third-order valence-electron chi connectivity index (χ3n) is 3.42. The number of hydrogen-bond acceptors (Lipinski definition) is 3. The molecule has 3 unspecified atom stereocenters. The van der Waals surface area contributed by atoms with Gasteiger partial charge in [-0.15, -0.1) is 6.58 Å². The molecular weight excluding hydrogens is 284 g/mol. The van der Waals surface area contributed by atoms with Gasteiger partial charge in [0, 0.05) is 23.1 Å². The monoisotopic (exact) mass is 304 g/mol. The lowest BCUT2D eigenvalue weighted by Crippen LogP contribution is -2.52. The lowest BCUT2D eigenvalue weighted by molar-refractivity contribution is -0.125. The first-order valence-corrected chi connectivity index (χ1v) is 8.24. The fraction of sp³-hybridized carbons (Fsp3) is 0.312. The molecule has 21 heavy (non-hydrogen) atoms. The van der Waals surface area contributed by atoms with Crippen LogP contribution in [0.5, 0.6) is 0 Å². The van der Waals surface area contributed by atoms with Crippen molar-refractivity contribution in [3.05, 3.63) is 48.6 Å². The standard InChI is InChI=1S/C16H20N2O2S/c1-3-10-21(20)15-7-5-4-6-13(15)8-9-14-12(2)11-16(19)18-17-14/h3-9,12,14,17H,1,10-11H2,2H3,(H,18,19)/b9-8+. The lowest BCUT2D eigenvalue weighted by Gasteiger charge is -2.27. The molecule has 4 nitrogen and oxygen atoms in total. The fourth-order valence-electron chi connectivity index (χ4n) is 2.24. The summed E-state index contributed by atoms with van der Waals surface area (Å²) in [6, 6.07) is 7.70. The first kappa shape index (κ1) is 15.7. The molecule has 0 radical (unpaired) electrons. The first-order chi connectivity index (χ1) is 10.1. The van der Waals surface area contributed by atoms with Crippen LogP contribution in [0.15, 0.2) is 47.9 Å². The first-order valence-electron chi connectivity index (χ1n) is 6.92. The average Bonchev–Trinajstić information content (AvgIpc) is 2.47. The van der Waals surface area contributed by atoms with E-state index in [1.54, 1.807) is 6.08 Å². The largest absolute Gasteiger partial charge is 0.291 e. The summed E-state index contributed by atoms with van der Waals surface area (Å²) in [6.45, 7) is 5.66. The molecule has 2 N–H and O–H groups in total. The third kappa shape index (κ3) is 4.12. The summed E-state index contributed by atoms with van der Waals surface area (Å²) in [4.78, 5) is 12.1. The van der Waals surface area contributed by atoms with Crippen LogP contribution in [0.25, 0.3) is 6.08 Å². The van der Waals surface area contributed by atoms with Gasteiger partial charge in [0.05, 0.1) is 10.8 Å². The molecule has 0 bridgehead atoms. The van der Waals surface area contributed by atoms with E-state index >= 15 is 0 Å². The summed E-state index contributed by atoms with van der Waals surface area (Å²) in [5.41, 5.74) is 6.56. The fourth-order valence-corrected chi connectivity index (χ4v) is 3.27. The van der Waals surface area contributed by atoms with Crippen molar-refractivity contribution in [1.29, 1.82) is 0 Å². The molecule has 3 atom stereocenters. The van der Waals surface area contributed by atoms with E-state index in [0.717, 1.165) is 10.5 Å². The van der Waals surface area contributed by atoms with E-state index in [1.165, 1.54) is 0 Å². The second kappa shape index (κ2) is 7.33. The van der Waals surface area contributed by atoms with Gasteiger partial charge < -0.3 is 0 Å². The molecule has 1 aromatic rings. The van der Waals surface area contributed by atoms with Gasteiger partial charge in [0.15, 0.2) is 0 Å². The summed E-state index contributed by atoms with van der Waals surface area (Å²) in [5.74, 6) is 0.680. The second-order valence-corrected chi connectivity index (χ2v) is 6.56. The number of hydrazine groups is 1. The van der Waals surface area contributed by atoms with Crippen LogP contribution in [0.1, 0.15) is 18.9 Å². The van der Waals surface area contributed by atoms with Gasteiger partial charge in [-0.05, 0) is 17.5 Å². The van der Waals surface area contributed by atoms with Crippen molar-refractivity contribution in [2.24, 2.45) is 5.92 Å². The Bertz CT molecular complexity index is 583. The number of carbonyl (C=O) groups excluding carboxylic acids is 1. The maximum Gasteiger partial charge on any atom is 0.234 e. The van der Waals surface area contributed by atoms with Crippen LogP contribution >= 0.6 is 0 Å². The predicted molar refractivity (Wildman–Crippen MR) is 85.8 cm³/mol. The molecule has 0 saturated carbocycles. The number of rotatable bonds is 5. The van der Waals surface area contributed by atoms with E-state index in [-0.39, 0.29) is 17.9 Å². The molecule has 1 heterocycles. The SMILES string of the molecule is C=CCS(=O)c1ccccc1/C=C/C1NNC(=O)CC1C. The van der Waals surface area contributed by atoms with E-state index in [2.05, 4.69) is 17.4 Å². The highest BCUT2D eigenvalue weighted by molar-refractivity contribution is 7.85. The molecule has 1 fully saturated rings. The van der Waals surface area contributed by atoms with E-state index in [0.29, 0.717) is 12.2 Å². The number of carbonyl (C=O) groups is 1. The highest BCUT2D eigenvalue weighted by Crippen LogP contribution is 2.18. The highest BCUT2D eigenvalue weighted by atomic mass is 32.2. The number of nitrogens with one attached hydrogen (secondary N) is 2. The van der Waals surface area contributed by atoms with Gasteiger partial charge in [-0.2, -0.15) is 0 Å².